The first kappa shape index (κ1) is 15.1. The van der Waals surface area contributed by atoms with E-state index < -0.39 is 0 Å². The van der Waals surface area contributed by atoms with Gasteiger partial charge in [-0.15, -0.1) is 0 Å². The summed E-state index contributed by atoms with van der Waals surface area (Å²) in [6, 6.07) is 6.27. The largest absolute Gasteiger partial charge is 0.338 e. The molecule has 0 N–H and O–H groups in total. The smallest absolute Gasteiger partial charge is 0.225 e. The van der Waals surface area contributed by atoms with Crippen LogP contribution < -0.4 is 4.90 Å². The van der Waals surface area contributed by atoms with E-state index in [1.807, 2.05) is 12.4 Å². The minimum atomic E-state index is 0.830. The van der Waals surface area contributed by atoms with Crippen LogP contribution in [0.25, 0.3) is 11.0 Å². The van der Waals surface area contributed by atoms with Crippen molar-refractivity contribution in [1.82, 2.24) is 24.4 Å². The van der Waals surface area contributed by atoms with E-state index in [2.05, 4.69) is 55.3 Å². The molecule has 3 aromatic rings. The molecule has 1 aliphatic rings. The lowest BCUT2D eigenvalue weighted by atomic mass is 10.1. The molecular formula is C18H22N6. The predicted octanol–water partition coefficient (Wildman–Crippen LogP) is 2.22. The maximum Gasteiger partial charge on any atom is 0.225 e. The highest BCUT2D eigenvalue weighted by atomic mass is 15.3. The molecule has 0 radical (unpaired) electrons. The molecule has 0 amide bonds. The topological polar surface area (TPSA) is 50.1 Å². The molecule has 0 saturated carbocycles. The van der Waals surface area contributed by atoms with Crippen LogP contribution in [0, 0.1) is 13.8 Å². The molecule has 0 bridgehead atoms. The fourth-order valence-electron chi connectivity index (χ4n) is 3.19. The zero-order valence-corrected chi connectivity index (χ0v) is 14.2. The van der Waals surface area contributed by atoms with Gasteiger partial charge in [-0.05, 0) is 43.2 Å². The molecule has 1 saturated heterocycles. The first-order valence-corrected chi connectivity index (χ1v) is 8.37. The quantitative estimate of drug-likeness (QED) is 0.740. The number of hydrogen-bond donors (Lipinski definition) is 0. The fourth-order valence-corrected chi connectivity index (χ4v) is 3.19. The Morgan fingerprint density at radius 3 is 2.38 bits per heavy atom. The van der Waals surface area contributed by atoms with Gasteiger partial charge in [0, 0.05) is 38.6 Å². The number of hydrogen-bond acceptors (Lipinski definition) is 5. The number of benzene rings is 1. The zero-order chi connectivity index (χ0) is 16.5. The SMILES string of the molecule is Cc1cc2ncn(CN3CCN(c4ncccn4)CC3)c2cc1C. The standard InChI is InChI=1S/C18H22N6/c1-14-10-16-17(11-15(14)2)24(12-21-16)13-22-6-8-23(9-7-22)18-19-4-3-5-20-18/h3-5,10-12H,6-9,13H2,1-2H3. The molecular weight excluding hydrogens is 300 g/mol. The molecule has 3 heterocycles. The van der Waals surface area contributed by atoms with Crippen molar-refractivity contribution in [2.75, 3.05) is 31.1 Å². The lowest BCUT2D eigenvalue weighted by Crippen LogP contribution is -2.47. The van der Waals surface area contributed by atoms with Crippen molar-refractivity contribution in [3.63, 3.8) is 0 Å². The van der Waals surface area contributed by atoms with Gasteiger partial charge in [0.15, 0.2) is 0 Å². The molecule has 4 rings (SSSR count). The molecule has 0 atom stereocenters. The number of aryl methyl sites for hydroxylation is 2. The van der Waals surface area contributed by atoms with E-state index in [-0.39, 0.29) is 0 Å². The Morgan fingerprint density at radius 1 is 0.917 bits per heavy atom. The van der Waals surface area contributed by atoms with E-state index in [0.717, 1.165) is 44.3 Å². The number of fused-ring (bicyclic) bond motifs is 1. The van der Waals surface area contributed by atoms with Crippen LogP contribution in [0.3, 0.4) is 0 Å². The highest BCUT2D eigenvalue weighted by Crippen LogP contribution is 2.19. The summed E-state index contributed by atoms with van der Waals surface area (Å²) in [5.74, 6) is 0.830. The van der Waals surface area contributed by atoms with Crippen LogP contribution in [0.4, 0.5) is 5.95 Å². The molecule has 2 aromatic heterocycles. The number of imidazole rings is 1. The first-order chi connectivity index (χ1) is 11.7. The molecule has 1 fully saturated rings. The van der Waals surface area contributed by atoms with Gasteiger partial charge in [0.05, 0.1) is 24.0 Å². The summed E-state index contributed by atoms with van der Waals surface area (Å²) in [5.41, 5.74) is 4.90. The maximum atomic E-state index is 4.55. The van der Waals surface area contributed by atoms with Gasteiger partial charge >= 0.3 is 0 Å². The Morgan fingerprint density at radius 2 is 1.62 bits per heavy atom. The average Bonchev–Trinajstić information content (AvgIpc) is 2.99. The van der Waals surface area contributed by atoms with Crippen LogP contribution in [-0.2, 0) is 6.67 Å². The first-order valence-electron chi connectivity index (χ1n) is 8.37. The van der Waals surface area contributed by atoms with E-state index in [0.29, 0.717) is 0 Å². The third-order valence-corrected chi connectivity index (χ3v) is 4.80. The van der Waals surface area contributed by atoms with Gasteiger partial charge in [-0.25, -0.2) is 15.0 Å². The molecule has 6 nitrogen and oxygen atoms in total. The fraction of sp³-hybridized carbons (Fsp3) is 0.389. The van der Waals surface area contributed by atoms with Crippen LogP contribution in [0.15, 0.2) is 36.9 Å². The Balaban J connectivity index is 1.45. The van der Waals surface area contributed by atoms with E-state index in [1.54, 1.807) is 12.4 Å². The molecule has 6 heteroatoms. The Hall–Kier alpha value is -2.47. The minimum absolute atomic E-state index is 0.830. The second-order valence-corrected chi connectivity index (χ2v) is 6.43. The summed E-state index contributed by atoms with van der Waals surface area (Å²) >= 11 is 0. The van der Waals surface area contributed by atoms with E-state index in [1.165, 1.54) is 16.6 Å². The third-order valence-electron chi connectivity index (χ3n) is 4.80. The van der Waals surface area contributed by atoms with Crippen molar-refractivity contribution in [2.24, 2.45) is 0 Å². The summed E-state index contributed by atoms with van der Waals surface area (Å²) in [7, 11) is 0. The number of aromatic nitrogens is 4. The van der Waals surface area contributed by atoms with Crippen molar-refractivity contribution in [3.05, 3.63) is 48.0 Å². The monoisotopic (exact) mass is 322 g/mol. The number of piperazine rings is 1. The molecule has 0 aliphatic carbocycles. The van der Waals surface area contributed by atoms with Gasteiger partial charge in [-0.3, -0.25) is 4.90 Å². The molecule has 0 spiro atoms. The highest BCUT2D eigenvalue weighted by molar-refractivity contribution is 5.77. The van der Waals surface area contributed by atoms with E-state index >= 15 is 0 Å². The summed E-state index contributed by atoms with van der Waals surface area (Å²) in [6.45, 7) is 9.08. The number of rotatable bonds is 3. The zero-order valence-electron chi connectivity index (χ0n) is 14.2. The second kappa shape index (κ2) is 6.20. The van der Waals surface area contributed by atoms with Crippen LogP contribution in [0.5, 0.6) is 0 Å². The highest BCUT2D eigenvalue weighted by Gasteiger charge is 2.19. The van der Waals surface area contributed by atoms with Gasteiger partial charge in [0.1, 0.15) is 0 Å². The molecule has 1 aliphatic heterocycles. The van der Waals surface area contributed by atoms with E-state index in [9.17, 15) is 0 Å². The molecule has 124 valence electrons. The van der Waals surface area contributed by atoms with Gasteiger partial charge in [-0.1, -0.05) is 0 Å². The minimum Gasteiger partial charge on any atom is -0.338 e. The van der Waals surface area contributed by atoms with Crippen molar-refractivity contribution < 1.29 is 0 Å². The van der Waals surface area contributed by atoms with Crippen LogP contribution in [0.1, 0.15) is 11.1 Å². The Labute approximate surface area is 141 Å². The second-order valence-electron chi connectivity index (χ2n) is 6.43. The van der Waals surface area contributed by atoms with Crippen molar-refractivity contribution in [1.29, 1.82) is 0 Å². The van der Waals surface area contributed by atoms with Crippen LogP contribution >= 0.6 is 0 Å². The lowest BCUT2D eigenvalue weighted by molar-refractivity contribution is 0.208. The lowest BCUT2D eigenvalue weighted by Gasteiger charge is -2.34. The van der Waals surface area contributed by atoms with Gasteiger partial charge in [-0.2, -0.15) is 0 Å². The van der Waals surface area contributed by atoms with E-state index in [4.69, 9.17) is 0 Å². The van der Waals surface area contributed by atoms with Crippen LogP contribution in [-0.4, -0.2) is 50.6 Å². The van der Waals surface area contributed by atoms with Gasteiger partial charge < -0.3 is 9.47 Å². The van der Waals surface area contributed by atoms with Crippen molar-refractivity contribution >= 4 is 17.0 Å². The van der Waals surface area contributed by atoms with Crippen molar-refractivity contribution in [2.45, 2.75) is 20.5 Å². The predicted molar refractivity (Wildman–Crippen MR) is 95.0 cm³/mol. The van der Waals surface area contributed by atoms with Crippen LogP contribution in [0.2, 0.25) is 0 Å². The summed E-state index contributed by atoms with van der Waals surface area (Å²) in [5, 5.41) is 0. The molecule has 1 aromatic carbocycles. The van der Waals surface area contributed by atoms with Crippen molar-refractivity contribution in [3.8, 4) is 0 Å². The normalized spacial score (nSPS) is 16.0. The molecule has 0 unspecified atom stereocenters. The maximum absolute atomic E-state index is 4.55. The summed E-state index contributed by atoms with van der Waals surface area (Å²) in [4.78, 5) is 17.9. The average molecular weight is 322 g/mol. The van der Waals surface area contributed by atoms with Gasteiger partial charge in [0.2, 0.25) is 5.95 Å². The molecule has 24 heavy (non-hydrogen) atoms. The number of nitrogens with zero attached hydrogens (tertiary/aromatic N) is 6. The Bertz CT molecular complexity index is 833. The summed E-state index contributed by atoms with van der Waals surface area (Å²) in [6.07, 6.45) is 5.56. The summed E-state index contributed by atoms with van der Waals surface area (Å²) < 4.78 is 2.25. The Kier molecular flexibility index (Phi) is 3.90. The third kappa shape index (κ3) is 2.85. The van der Waals surface area contributed by atoms with Gasteiger partial charge in [0.25, 0.3) is 0 Å². The number of anilines is 1.